The Morgan fingerprint density at radius 2 is 0.615 bits per heavy atom. The number of benzene rings is 6. The van der Waals surface area contributed by atoms with Gasteiger partial charge in [0.1, 0.15) is 0 Å². The van der Waals surface area contributed by atoms with Crippen LogP contribution in [0, 0.1) is 41.5 Å². The predicted octanol–water partition coefficient (Wildman–Crippen LogP) is 10.1. The first-order chi connectivity index (χ1) is 24.9. The number of hydrogen-bond acceptors (Lipinski definition) is 4. The molecule has 6 aromatic carbocycles. The monoisotopic (exact) mass is 680 g/mol. The van der Waals surface area contributed by atoms with Crippen molar-refractivity contribution in [1.29, 1.82) is 0 Å². The summed E-state index contributed by atoms with van der Waals surface area (Å²) in [6.07, 6.45) is 0. The van der Waals surface area contributed by atoms with Gasteiger partial charge < -0.3 is 0 Å². The van der Waals surface area contributed by atoms with E-state index in [4.69, 9.17) is 0 Å². The number of fused-ring (bicyclic) bond motifs is 2. The number of rotatable bonds is 5. The molecule has 6 nitrogen and oxygen atoms in total. The molecule has 0 aliphatic carbocycles. The van der Waals surface area contributed by atoms with Crippen LogP contribution in [0.1, 0.15) is 74.8 Å². The third-order valence-corrected chi connectivity index (χ3v) is 10.8. The molecule has 2 heterocycles. The second-order valence-corrected chi connectivity index (χ2v) is 13.9. The maximum absolute atomic E-state index is 13.8. The molecule has 0 spiro atoms. The third kappa shape index (κ3) is 5.02. The molecule has 2 aliphatic heterocycles. The summed E-state index contributed by atoms with van der Waals surface area (Å²) >= 11 is 0. The minimum absolute atomic E-state index is 0.339. The molecule has 0 bridgehead atoms. The van der Waals surface area contributed by atoms with Crippen molar-refractivity contribution in [2.45, 2.75) is 41.5 Å². The Labute approximate surface area is 303 Å². The fraction of sp³-hybridized carbons (Fsp3) is 0.130. The van der Waals surface area contributed by atoms with Gasteiger partial charge in [0.2, 0.25) is 0 Å². The van der Waals surface area contributed by atoms with Crippen LogP contribution in [0.2, 0.25) is 0 Å². The lowest BCUT2D eigenvalue weighted by Gasteiger charge is -2.23. The highest BCUT2D eigenvalue weighted by atomic mass is 16.2. The third-order valence-electron chi connectivity index (χ3n) is 10.8. The maximum atomic E-state index is 13.8. The summed E-state index contributed by atoms with van der Waals surface area (Å²) in [4.78, 5) is 57.5. The van der Waals surface area contributed by atoms with Gasteiger partial charge in [0.05, 0.1) is 33.6 Å². The summed E-state index contributed by atoms with van der Waals surface area (Å²) in [5.41, 5.74) is 14.1. The average molecular weight is 681 g/mol. The molecular formula is C46H36N2O4. The Balaban J connectivity index is 1.10. The first-order valence-electron chi connectivity index (χ1n) is 17.3. The first kappa shape index (κ1) is 32.8. The Hall–Kier alpha value is -6.40. The van der Waals surface area contributed by atoms with E-state index in [0.717, 1.165) is 66.8 Å². The molecule has 0 radical (unpaired) electrons. The molecule has 2 aliphatic rings. The number of aryl methyl sites for hydroxylation is 2. The molecule has 0 N–H and O–H groups in total. The quantitative estimate of drug-likeness (QED) is 0.170. The zero-order valence-corrected chi connectivity index (χ0v) is 29.9. The van der Waals surface area contributed by atoms with Crippen molar-refractivity contribution in [2.75, 3.05) is 9.80 Å². The predicted molar refractivity (Wildman–Crippen MR) is 206 cm³/mol. The number of carbonyl (C=O) groups is 4. The number of imide groups is 2. The van der Waals surface area contributed by atoms with E-state index in [2.05, 4.69) is 0 Å². The van der Waals surface area contributed by atoms with Crippen LogP contribution in [0.3, 0.4) is 0 Å². The van der Waals surface area contributed by atoms with Crippen molar-refractivity contribution >= 4 is 35.0 Å². The van der Waals surface area contributed by atoms with Crippen molar-refractivity contribution in [3.63, 3.8) is 0 Å². The SMILES string of the molecule is Cc1ccc(-c2ccc3c(c2)C(=O)N(c2ccc(-c4ccc(N5C(=O)c6ccc(-c7ccc(C)cc7)cc6C5=O)c(C)c4C)c(C)c2C)C3=O)cc1. The summed E-state index contributed by atoms with van der Waals surface area (Å²) in [7, 11) is 0. The summed E-state index contributed by atoms with van der Waals surface area (Å²) in [6, 6.07) is 34.6. The lowest BCUT2D eigenvalue weighted by Crippen LogP contribution is -2.30. The number of amides is 4. The Morgan fingerprint density at radius 3 is 0.981 bits per heavy atom. The zero-order valence-electron chi connectivity index (χ0n) is 29.9. The van der Waals surface area contributed by atoms with E-state index < -0.39 is 0 Å². The normalized spacial score (nSPS) is 13.7. The van der Waals surface area contributed by atoms with E-state index in [1.807, 2.05) is 139 Å². The fourth-order valence-electron chi connectivity index (χ4n) is 7.45. The van der Waals surface area contributed by atoms with Gasteiger partial charge >= 0.3 is 0 Å². The number of hydrogen-bond donors (Lipinski definition) is 0. The van der Waals surface area contributed by atoms with Crippen LogP contribution < -0.4 is 9.80 Å². The van der Waals surface area contributed by atoms with E-state index in [1.54, 1.807) is 12.1 Å². The average Bonchev–Trinajstić information content (AvgIpc) is 3.54. The Bertz CT molecular complexity index is 2370. The topological polar surface area (TPSA) is 74.8 Å². The standard InChI is InChI=1S/C46H36N2O4/c1-25-7-11-31(12-8-25)33-15-17-37-39(23-33)45(51)47(43(37)49)41-21-19-35(27(3)29(41)5)36-20-22-42(30(6)28(36)4)48-44(50)38-18-16-34(24-40(38)46(48)52)32-13-9-26(2)10-14-32/h7-24H,1-6H3. The lowest BCUT2D eigenvalue weighted by atomic mass is 9.90. The van der Waals surface area contributed by atoms with E-state index in [-0.39, 0.29) is 23.6 Å². The van der Waals surface area contributed by atoms with Crippen LogP contribution in [0.4, 0.5) is 11.4 Å². The van der Waals surface area contributed by atoms with Crippen LogP contribution in [-0.2, 0) is 0 Å². The molecule has 0 saturated heterocycles. The van der Waals surface area contributed by atoms with Gasteiger partial charge in [0.15, 0.2) is 0 Å². The van der Waals surface area contributed by atoms with E-state index in [1.165, 1.54) is 9.80 Å². The molecule has 4 amide bonds. The molecule has 6 aromatic rings. The minimum Gasteiger partial charge on any atom is -0.268 e. The van der Waals surface area contributed by atoms with Crippen molar-refractivity contribution in [1.82, 2.24) is 0 Å². The fourth-order valence-corrected chi connectivity index (χ4v) is 7.45. The Kier molecular flexibility index (Phi) is 7.65. The van der Waals surface area contributed by atoms with Crippen LogP contribution in [0.15, 0.2) is 109 Å². The highest BCUT2D eigenvalue weighted by molar-refractivity contribution is 6.36. The Morgan fingerprint density at radius 1 is 0.308 bits per heavy atom. The van der Waals surface area contributed by atoms with Gasteiger partial charge in [-0.1, -0.05) is 83.9 Å². The van der Waals surface area contributed by atoms with Crippen LogP contribution in [-0.4, -0.2) is 23.6 Å². The first-order valence-corrected chi connectivity index (χ1v) is 17.3. The minimum atomic E-state index is -0.340. The molecule has 0 unspecified atom stereocenters. The molecular weight excluding hydrogens is 645 g/mol. The molecule has 52 heavy (non-hydrogen) atoms. The van der Waals surface area contributed by atoms with Gasteiger partial charge in [-0.15, -0.1) is 0 Å². The smallest absolute Gasteiger partial charge is 0.266 e. The summed E-state index contributed by atoms with van der Waals surface area (Å²) in [5, 5.41) is 0. The molecule has 0 saturated carbocycles. The second-order valence-electron chi connectivity index (χ2n) is 13.9. The maximum Gasteiger partial charge on any atom is 0.266 e. The van der Waals surface area contributed by atoms with Crippen molar-refractivity contribution in [2.24, 2.45) is 0 Å². The molecule has 8 rings (SSSR count). The summed E-state index contributed by atoms with van der Waals surface area (Å²) in [6.45, 7) is 11.9. The highest BCUT2D eigenvalue weighted by Crippen LogP contribution is 2.41. The van der Waals surface area contributed by atoms with Gasteiger partial charge in [-0.05, 0) is 134 Å². The second kappa shape index (κ2) is 12.1. The zero-order chi connectivity index (χ0) is 36.6. The number of nitrogens with zero attached hydrogens (tertiary/aromatic N) is 2. The van der Waals surface area contributed by atoms with E-state index >= 15 is 0 Å². The van der Waals surface area contributed by atoms with Crippen molar-refractivity contribution in [3.05, 3.63) is 165 Å². The van der Waals surface area contributed by atoms with Crippen LogP contribution in [0.5, 0.6) is 0 Å². The summed E-state index contributed by atoms with van der Waals surface area (Å²) < 4.78 is 0. The van der Waals surface area contributed by atoms with Gasteiger partial charge in [-0.2, -0.15) is 0 Å². The highest BCUT2D eigenvalue weighted by Gasteiger charge is 2.39. The van der Waals surface area contributed by atoms with Gasteiger partial charge in [-0.3, -0.25) is 19.2 Å². The van der Waals surface area contributed by atoms with E-state index in [0.29, 0.717) is 33.6 Å². The summed E-state index contributed by atoms with van der Waals surface area (Å²) in [5.74, 6) is -1.36. The molecule has 0 fully saturated rings. The van der Waals surface area contributed by atoms with Crippen molar-refractivity contribution in [3.8, 4) is 33.4 Å². The van der Waals surface area contributed by atoms with Gasteiger partial charge in [0, 0.05) is 0 Å². The molecule has 6 heteroatoms. The van der Waals surface area contributed by atoms with Crippen molar-refractivity contribution < 1.29 is 19.2 Å². The largest absolute Gasteiger partial charge is 0.268 e. The number of anilines is 2. The van der Waals surface area contributed by atoms with E-state index in [9.17, 15) is 19.2 Å². The molecule has 0 aromatic heterocycles. The van der Waals surface area contributed by atoms with Gasteiger partial charge in [0.25, 0.3) is 23.6 Å². The number of carbonyl (C=O) groups excluding carboxylic acids is 4. The van der Waals surface area contributed by atoms with Gasteiger partial charge in [-0.25, -0.2) is 9.80 Å². The van der Waals surface area contributed by atoms with Crippen LogP contribution in [0.25, 0.3) is 33.4 Å². The lowest BCUT2D eigenvalue weighted by molar-refractivity contribution is 0.0910. The molecule has 254 valence electrons. The molecule has 0 atom stereocenters. The van der Waals surface area contributed by atoms with Crippen LogP contribution >= 0.6 is 0 Å².